The number of H-pyrrole nitrogens is 2. The van der Waals surface area contributed by atoms with Gasteiger partial charge in [-0.05, 0) is 42.5 Å². The summed E-state index contributed by atoms with van der Waals surface area (Å²) in [5, 5.41) is 22.1. The Hall–Kier alpha value is -8.75. The van der Waals surface area contributed by atoms with Crippen molar-refractivity contribution >= 4 is 74.4 Å². The SMILES string of the molecule is Cn1cc(NC(=O)c2cc(NC(=O)c3cc(NC(=O)c4cc([N+](=O)[O-])cn4C)cn3C)cn2C)cc1C(=O)NCCC(=O)N(Cc1nc2ccccc2[nH]1)Cc1nc2ccccc2[nH]1. The van der Waals surface area contributed by atoms with Crippen LogP contribution in [0.4, 0.5) is 22.7 Å². The van der Waals surface area contributed by atoms with Gasteiger partial charge in [0.05, 0.1) is 63.3 Å². The summed E-state index contributed by atoms with van der Waals surface area (Å²) in [7, 11) is 6.41. The van der Waals surface area contributed by atoms with E-state index < -0.39 is 28.6 Å². The minimum atomic E-state index is -0.598. The van der Waals surface area contributed by atoms with E-state index in [1.54, 1.807) is 43.0 Å². The summed E-state index contributed by atoms with van der Waals surface area (Å²) in [4.78, 5) is 94.5. The summed E-state index contributed by atoms with van der Waals surface area (Å²) in [6.45, 7) is 0.423. The number of aryl methyl sites for hydroxylation is 4. The van der Waals surface area contributed by atoms with Gasteiger partial charge >= 0.3 is 0 Å². The van der Waals surface area contributed by atoms with Crippen LogP contribution in [0.3, 0.4) is 0 Å². The smallest absolute Gasteiger partial charge is 0.287 e. The lowest BCUT2D eigenvalue weighted by Crippen LogP contribution is -2.35. The number of rotatable bonds is 15. The number of para-hydroxylation sites is 4. The van der Waals surface area contributed by atoms with Crippen LogP contribution < -0.4 is 21.3 Å². The van der Waals surface area contributed by atoms with E-state index in [0.29, 0.717) is 23.0 Å². The van der Waals surface area contributed by atoms with Crippen molar-refractivity contribution in [1.29, 1.82) is 0 Å². The highest BCUT2D eigenvalue weighted by Crippen LogP contribution is 2.22. The average molecular weight is 867 g/mol. The fourth-order valence-corrected chi connectivity index (χ4v) is 7.32. The highest BCUT2D eigenvalue weighted by molar-refractivity contribution is 6.08. The monoisotopic (exact) mass is 866 g/mol. The number of nitrogens with zero attached hydrogens (tertiary/aromatic N) is 8. The number of anilines is 3. The Labute approximate surface area is 363 Å². The first kappa shape index (κ1) is 42.0. The lowest BCUT2D eigenvalue weighted by atomic mass is 10.3. The molecule has 0 saturated carbocycles. The maximum atomic E-state index is 13.7. The Morgan fingerprint density at radius 3 is 1.44 bits per heavy atom. The van der Waals surface area contributed by atoms with Gasteiger partial charge in [0, 0.05) is 65.8 Å². The third-order valence-electron chi connectivity index (χ3n) is 10.5. The first-order valence-corrected chi connectivity index (χ1v) is 19.9. The summed E-state index contributed by atoms with van der Waals surface area (Å²) in [5.41, 5.74) is 4.67. The van der Waals surface area contributed by atoms with Gasteiger partial charge in [0.2, 0.25) is 5.91 Å². The van der Waals surface area contributed by atoms with Gasteiger partial charge in [0.25, 0.3) is 29.3 Å². The molecular weight excluding hydrogens is 825 g/mol. The maximum absolute atomic E-state index is 13.7. The van der Waals surface area contributed by atoms with Crippen LogP contribution in [0.25, 0.3) is 22.1 Å². The van der Waals surface area contributed by atoms with Crippen molar-refractivity contribution in [3.05, 3.63) is 142 Å². The number of nitrogens with one attached hydrogen (secondary N) is 6. The molecule has 21 heteroatoms. The fraction of sp³-hybridized carbons (Fsp3) is 0.186. The number of benzene rings is 2. The Kier molecular flexibility index (Phi) is 11.4. The van der Waals surface area contributed by atoms with Crippen molar-refractivity contribution in [3.8, 4) is 0 Å². The van der Waals surface area contributed by atoms with Gasteiger partial charge in [0.1, 0.15) is 34.4 Å². The number of fused-ring (bicyclic) bond motifs is 2. The first-order chi connectivity index (χ1) is 30.7. The molecule has 0 aliphatic carbocycles. The highest BCUT2D eigenvalue weighted by Gasteiger charge is 2.23. The second kappa shape index (κ2) is 17.3. The standard InChI is InChI=1S/C43H42N14O7/c1-52-19-25(45-41(60)34-16-26(20-53(34)2)46-42(61)35-17-27(21-54(35)3)47-43(62)36-18-28(57(63)64)22-55(36)4)15-33(52)40(59)44-14-13-39(58)56(23-37-48-29-9-5-6-10-30(29)49-37)24-38-50-31-11-7-8-12-32(31)51-38/h5-12,15-22H,13-14,23-24H2,1-4H3,(H,44,59)(H,45,60)(H,46,61)(H,47,62)(H,48,49)(H,50,51). The molecule has 0 atom stereocenters. The lowest BCUT2D eigenvalue weighted by Gasteiger charge is -2.21. The first-order valence-electron chi connectivity index (χ1n) is 19.9. The van der Waals surface area contributed by atoms with Gasteiger partial charge in [-0.15, -0.1) is 0 Å². The van der Waals surface area contributed by atoms with Crippen molar-refractivity contribution in [2.45, 2.75) is 19.5 Å². The zero-order valence-corrected chi connectivity index (χ0v) is 35.0. The number of nitro groups is 1. The van der Waals surface area contributed by atoms with E-state index in [2.05, 4.69) is 41.2 Å². The predicted octanol–water partition coefficient (Wildman–Crippen LogP) is 4.81. The normalized spacial score (nSPS) is 11.2. The quantitative estimate of drug-likeness (QED) is 0.0610. The Morgan fingerprint density at radius 1 is 0.609 bits per heavy atom. The van der Waals surface area contributed by atoms with Crippen LogP contribution in [0, 0.1) is 10.1 Å². The number of amides is 5. The third kappa shape index (κ3) is 8.98. The van der Waals surface area contributed by atoms with Gasteiger partial charge in [-0.25, -0.2) is 9.97 Å². The molecule has 6 heterocycles. The van der Waals surface area contributed by atoms with Gasteiger partial charge in [-0.1, -0.05) is 24.3 Å². The van der Waals surface area contributed by atoms with Crippen LogP contribution >= 0.6 is 0 Å². The molecule has 326 valence electrons. The molecule has 0 spiro atoms. The number of imidazole rings is 2. The third-order valence-corrected chi connectivity index (χ3v) is 10.5. The van der Waals surface area contributed by atoms with Crippen LogP contribution in [0.1, 0.15) is 60.0 Å². The van der Waals surface area contributed by atoms with E-state index in [-0.39, 0.29) is 66.1 Å². The van der Waals surface area contributed by atoms with Crippen molar-refractivity contribution in [2.75, 3.05) is 22.5 Å². The van der Waals surface area contributed by atoms with Gasteiger partial charge in [-0.3, -0.25) is 34.1 Å². The molecule has 0 unspecified atom stereocenters. The summed E-state index contributed by atoms with van der Waals surface area (Å²) < 4.78 is 5.91. The molecule has 5 amide bonds. The topological polar surface area (TPSA) is 257 Å². The molecule has 0 aliphatic rings. The van der Waals surface area contributed by atoms with Crippen LogP contribution in [-0.4, -0.2) is 84.1 Å². The van der Waals surface area contributed by atoms with Crippen LogP contribution in [-0.2, 0) is 46.1 Å². The maximum Gasteiger partial charge on any atom is 0.287 e. The van der Waals surface area contributed by atoms with Gasteiger partial charge < -0.3 is 54.4 Å². The molecule has 64 heavy (non-hydrogen) atoms. The largest absolute Gasteiger partial charge is 0.350 e. The molecule has 8 aromatic rings. The molecule has 21 nitrogen and oxygen atoms in total. The molecule has 6 aromatic heterocycles. The molecule has 0 aliphatic heterocycles. The zero-order chi connectivity index (χ0) is 45.2. The molecule has 0 fully saturated rings. The second-order valence-electron chi connectivity index (χ2n) is 15.1. The van der Waals surface area contributed by atoms with Gasteiger partial charge in [-0.2, -0.15) is 0 Å². The predicted molar refractivity (Wildman–Crippen MR) is 236 cm³/mol. The van der Waals surface area contributed by atoms with Crippen molar-refractivity contribution in [3.63, 3.8) is 0 Å². The van der Waals surface area contributed by atoms with E-state index in [1.807, 2.05) is 48.5 Å². The summed E-state index contributed by atoms with van der Waals surface area (Å²) >= 11 is 0. The Balaban J connectivity index is 0.861. The fourth-order valence-electron chi connectivity index (χ4n) is 7.32. The lowest BCUT2D eigenvalue weighted by molar-refractivity contribution is -0.384. The van der Waals surface area contributed by atoms with Crippen LogP contribution in [0.5, 0.6) is 0 Å². The van der Waals surface area contributed by atoms with Crippen molar-refractivity contribution in [1.82, 2.24) is 48.4 Å². The molecule has 0 saturated heterocycles. The van der Waals surface area contributed by atoms with Crippen molar-refractivity contribution in [2.24, 2.45) is 28.2 Å². The molecule has 0 bridgehead atoms. The van der Waals surface area contributed by atoms with Crippen LogP contribution in [0.2, 0.25) is 0 Å². The van der Waals surface area contributed by atoms with E-state index in [4.69, 9.17) is 0 Å². The summed E-state index contributed by atoms with van der Waals surface area (Å²) in [6, 6.07) is 20.8. The Bertz CT molecular complexity index is 2980. The Morgan fingerprint density at radius 2 is 1.02 bits per heavy atom. The number of hydrogen-bond donors (Lipinski definition) is 6. The van der Waals surface area contributed by atoms with E-state index >= 15 is 0 Å². The number of aromatic amines is 2. The molecule has 0 radical (unpaired) electrons. The van der Waals surface area contributed by atoms with Crippen LogP contribution in [0.15, 0.2) is 97.6 Å². The minimum Gasteiger partial charge on any atom is -0.350 e. The number of hydrogen-bond acceptors (Lipinski definition) is 9. The number of aromatic nitrogens is 8. The summed E-state index contributed by atoms with van der Waals surface area (Å²) in [5.74, 6) is -1.09. The number of carbonyl (C=O) groups is 5. The highest BCUT2D eigenvalue weighted by atomic mass is 16.6. The van der Waals surface area contributed by atoms with E-state index in [1.165, 1.54) is 51.3 Å². The molecule has 6 N–H and O–H groups in total. The molecular formula is C43H42N14O7. The van der Waals surface area contributed by atoms with Gasteiger partial charge in [0.15, 0.2) is 0 Å². The van der Waals surface area contributed by atoms with E-state index in [0.717, 1.165) is 28.1 Å². The number of carbonyl (C=O) groups excluding carboxylic acids is 5. The molecule has 2 aromatic carbocycles. The minimum absolute atomic E-state index is 0.00293. The zero-order valence-electron chi connectivity index (χ0n) is 35.0. The van der Waals surface area contributed by atoms with E-state index in [9.17, 15) is 34.1 Å². The van der Waals surface area contributed by atoms with Crippen molar-refractivity contribution < 1.29 is 28.9 Å². The second-order valence-corrected chi connectivity index (χ2v) is 15.1. The summed E-state index contributed by atoms with van der Waals surface area (Å²) in [6.07, 6.45) is 5.88. The molecule has 8 rings (SSSR count). The average Bonchev–Trinajstić information content (AvgIpc) is 4.11.